The Bertz CT molecular complexity index is 290. The molecule has 4 nitrogen and oxygen atoms in total. The summed E-state index contributed by atoms with van der Waals surface area (Å²) in [4.78, 5) is 13.1. The van der Waals surface area contributed by atoms with Gasteiger partial charge in [0.05, 0.1) is 5.54 Å². The number of nitrogens with zero attached hydrogens (tertiary/aromatic N) is 1. The van der Waals surface area contributed by atoms with Crippen molar-refractivity contribution in [1.29, 1.82) is 0 Å². The van der Waals surface area contributed by atoms with Crippen LogP contribution in [0.1, 0.15) is 40.0 Å². The quantitative estimate of drug-likeness (QED) is 0.663. The van der Waals surface area contributed by atoms with Crippen molar-refractivity contribution >= 4 is 6.09 Å². The molecule has 2 saturated heterocycles. The zero-order valence-electron chi connectivity index (χ0n) is 10.4. The van der Waals surface area contributed by atoms with Gasteiger partial charge < -0.3 is 10.4 Å². The fraction of sp³-hybridized carbons (Fsp3) is 0.917. The van der Waals surface area contributed by atoms with Crippen LogP contribution in [-0.4, -0.2) is 40.8 Å². The van der Waals surface area contributed by atoms with E-state index >= 15 is 0 Å². The molecular formula is C12H22N2O2. The molecule has 0 bridgehead atoms. The minimum Gasteiger partial charge on any atom is -0.465 e. The first-order valence-corrected chi connectivity index (χ1v) is 6.10. The number of piperidine rings is 1. The van der Waals surface area contributed by atoms with Crippen molar-refractivity contribution in [3.05, 3.63) is 0 Å². The molecule has 0 radical (unpaired) electrons. The highest BCUT2D eigenvalue weighted by atomic mass is 16.4. The van der Waals surface area contributed by atoms with Gasteiger partial charge in [0.1, 0.15) is 0 Å². The largest absolute Gasteiger partial charge is 0.465 e. The molecule has 92 valence electrons. The lowest BCUT2D eigenvalue weighted by molar-refractivity contribution is -0.108. The van der Waals surface area contributed by atoms with Crippen LogP contribution >= 0.6 is 0 Å². The fourth-order valence-electron chi connectivity index (χ4n) is 3.13. The van der Waals surface area contributed by atoms with E-state index in [9.17, 15) is 9.90 Å². The molecule has 2 heterocycles. The summed E-state index contributed by atoms with van der Waals surface area (Å²) in [5, 5.41) is 12.7. The Morgan fingerprint density at radius 3 is 2.38 bits per heavy atom. The van der Waals surface area contributed by atoms with Gasteiger partial charge >= 0.3 is 6.09 Å². The van der Waals surface area contributed by atoms with Crippen LogP contribution in [0.15, 0.2) is 0 Å². The summed E-state index contributed by atoms with van der Waals surface area (Å²) in [5.74, 6) is 0. The van der Waals surface area contributed by atoms with Crippen molar-refractivity contribution in [2.75, 3.05) is 13.1 Å². The van der Waals surface area contributed by atoms with E-state index in [1.807, 2.05) is 0 Å². The zero-order chi connectivity index (χ0) is 12.0. The van der Waals surface area contributed by atoms with Crippen molar-refractivity contribution in [2.24, 2.45) is 5.41 Å². The van der Waals surface area contributed by atoms with E-state index in [0.717, 1.165) is 32.4 Å². The highest BCUT2D eigenvalue weighted by Crippen LogP contribution is 2.49. The highest BCUT2D eigenvalue weighted by molar-refractivity contribution is 5.68. The molecule has 16 heavy (non-hydrogen) atoms. The van der Waals surface area contributed by atoms with E-state index in [0.29, 0.717) is 0 Å². The van der Waals surface area contributed by atoms with Crippen molar-refractivity contribution < 1.29 is 9.90 Å². The summed E-state index contributed by atoms with van der Waals surface area (Å²) in [6, 6.07) is 0.183. The molecule has 1 amide bonds. The third kappa shape index (κ3) is 1.69. The molecular weight excluding hydrogens is 204 g/mol. The SMILES string of the molecule is CC(C)(C)C1CC2(CCNCC2)N1C(=O)O. The molecule has 2 fully saturated rings. The first kappa shape index (κ1) is 11.7. The zero-order valence-corrected chi connectivity index (χ0v) is 10.4. The van der Waals surface area contributed by atoms with Crippen LogP contribution in [0.3, 0.4) is 0 Å². The van der Waals surface area contributed by atoms with E-state index in [1.165, 1.54) is 0 Å². The van der Waals surface area contributed by atoms with E-state index in [4.69, 9.17) is 0 Å². The molecule has 1 atom stereocenters. The number of carboxylic acid groups (broad SMARTS) is 1. The summed E-state index contributed by atoms with van der Waals surface area (Å²) in [5.41, 5.74) is -0.0104. The smallest absolute Gasteiger partial charge is 0.408 e. The van der Waals surface area contributed by atoms with Crippen LogP contribution in [-0.2, 0) is 0 Å². The normalized spacial score (nSPS) is 28.9. The molecule has 0 aromatic rings. The van der Waals surface area contributed by atoms with Gasteiger partial charge in [-0.25, -0.2) is 4.79 Å². The molecule has 4 heteroatoms. The summed E-state index contributed by atoms with van der Waals surface area (Å²) in [7, 11) is 0. The number of rotatable bonds is 0. The molecule has 1 unspecified atom stereocenters. The van der Waals surface area contributed by atoms with Crippen molar-refractivity contribution in [1.82, 2.24) is 10.2 Å². The second-order valence-corrected chi connectivity index (χ2v) is 6.21. The summed E-state index contributed by atoms with van der Waals surface area (Å²) >= 11 is 0. The second kappa shape index (κ2) is 3.62. The monoisotopic (exact) mass is 226 g/mol. The van der Waals surface area contributed by atoms with E-state index in [1.54, 1.807) is 4.90 Å². The molecule has 2 aliphatic rings. The fourth-order valence-corrected chi connectivity index (χ4v) is 3.13. The number of hydrogen-bond donors (Lipinski definition) is 2. The van der Waals surface area contributed by atoms with Gasteiger partial charge in [-0.15, -0.1) is 0 Å². The van der Waals surface area contributed by atoms with Gasteiger partial charge in [-0.1, -0.05) is 20.8 Å². The molecule has 2 rings (SSSR count). The average molecular weight is 226 g/mol. The lowest BCUT2D eigenvalue weighted by Gasteiger charge is -2.62. The number of nitrogens with one attached hydrogen (secondary N) is 1. The Kier molecular flexibility index (Phi) is 2.65. The predicted octanol–water partition coefficient (Wildman–Crippen LogP) is 1.91. The van der Waals surface area contributed by atoms with Crippen molar-refractivity contribution in [2.45, 2.75) is 51.6 Å². The number of hydrogen-bond acceptors (Lipinski definition) is 2. The Morgan fingerprint density at radius 1 is 1.38 bits per heavy atom. The maximum absolute atomic E-state index is 11.4. The molecule has 2 aliphatic heterocycles. The molecule has 0 aliphatic carbocycles. The first-order valence-electron chi connectivity index (χ1n) is 6.10. The van der Waals surface area contributed by atoms with E-state index in [-0.39, 0.29) is 17.0 Å². The van der Waals surface area contributed by atoms with E-state index in [2.05, 4.69) is 26.1 Å². The number of amides is 1. The Labute approximate surface area is 97.0 Å². The standard InChI is InChI=1S/C12H22N2O2/c1-11(2,3)9-8-12(14(9)10(15)16)4-6-13-7-5-12/h9,13H,4-8H2,1-3H3,(H,15,16). The molecule has 1 spiro atoms. The van der Waals surface area contributed by atoms with Gasteiger partial charge in [0, 0.05) is 6.04 Å². The summed E-state index contributed by atoms with van der Waals surface area (Å²) < 4.78 is 0. The van der Waals surface area contributed by atoms with E-state index < -0.39 is 6.09 Å². The van der Waals surface area contributed by atoms with Crippen LogP contribution in [0.25, 0.3) is 0 Å². The summed E-state index contributed by atoms with van der Waals surface area (Å²) in [6.45, 7) is 8.27. The minimum absolute atomic E-state index is 0.0501. The maximum atomic E-state index is 11.4. The molecule has 2 N–H and O–H groups in total. The van der Waals surface area contributed by atoms with Gasteiger partial charge in [-0.2, -0.15) is 0 Å². The predicted molar refractivity (Wildman–Crippen MR) is 62.6 cm³/mol. The third-order valence-corrected chi connectivity index (χ3v) is 4.14. The van der Waals surface area contributed by atoms with Gasteiger partial charge in [-0.05, 0) is 37.8 Å². The average Bonchev–Trinajstić information content (AvgIpc) is 2.13. The Balaban J connectivity index is 2.16. The number of carbonyl (C=O) groups is 1. The summed E-state index contributed by atoms with van der Waals surface area (Å²) in [6.07, 6.45) is 2.22. The van der Waals surface area contributed by atoms with Crippen molar-refractivity contribution in [3.8, 4) is 0 Å². The van der Waals surface area contributed by atoms with Gasteiger partial charge in [-0.3, -0.25) is 4.90 Å². The first-order chi connectivity index (χ1) is 7.37. The Hall–Kier alpha value is -0.770. The third-order valence-electron chi connectivity index (χ3n) is 4.14. The van der Waals surface area contributed by atoms with Crippen LogP contribution in [0.2, 0.25) is 0 Å². The maximum Gasteiger partial charge on any atom is 0.408 e. The van der Waals surface area contributed by atoms with Gasteiger partial charge in [0.15, 0.2) is 0 Å². The van der Waals surface area contributed by atoms with Crippen LogP contribution < -0.4 is 5.32 Å². The van der Waals surface area contributed by atoms with Gasteiger partial charge in [0.25, 0.3) is 0 Å². The van der Waals surface area contributed by atoms with Crippen LogP contribution in [0, 0.1) is 5.41 Å². The minimum atomic E-state index is -0.743. The lowest BCUT2D eigenvalue weighted by Crippen LogP contribution is -2.73. The van der Waals surface area contributed by atoms with Crippen molar-refractivity contribution in [3.63, 3.8) is 0 Å². The second-order valence-electron chi connectivity index (χ2n) is 6.21. The molecule has 0 aromatic heterocycles. The lowest BCUT2D eigenvalue weighted by atomic mass is 9.65. The van der Waals surface area contributed by atoms with Crippen LogP contribution in [0.5, 0.6) is 0 Å². The van der Waals surface area contributed by atoms with Crippen LogP contribution in [0.4, 0.5) is 4.79 Å². The highest BCUT2D eigenvalue weighted by Gasteiger charge is 2.57. The molecule has 0 saturated carbocycles. The Morgan fingerprint density at radius 2 is 1.94 bits per heavy atom. The topological polar surface area (TPSA) is 52.6 Å². The van der Waals surface area contributed by atoms with Gasteiger partial charge in [0.2, 0.25) is 0 Å². The number of likely N-dealkylation sites (tertiary alicyclic amines) is 1. The molecule has 0 aromatic carbocycles.